The summed E-state index contributed by atoms with van der Waals surface area (Å²) in [6, 6.07) is 20.5. The topological polar surface area (TPSA) is 202 Å². The van der Waals surface area contributed by atoms with Gasteiger partial charge in [-0.1, -0.05) is 106 Å². The van der Waals surface area contributed by atoms with Crippen molar-refractivity contribution in [3.05, 3.63) is 89.3 Å². The average molecular weight is 807 g/mol. The quantitative estimate of drug-likeness (QED) is 0.134. The van der Waals surface area contributed by atoms with Gasteiger partial charge in [-0.25, -0.2) is 4.79 Å². The molecule has 3 aromatic rings. The van der Waals surface area contributed by atoms with Crippen LogP contribution >= 0.6 is 0 Å². The first-order valence-electron chi connectivity index (χ1n) is 19.6. The first-order valence-corrected chi connectivity index (χ1v) is 19.6. The second-order valence-corrected chi connectivity index (χ2v) is 15.3. The smallest absolute Gasteiger partial charge is 0.409 e. The van der Waals surface area contributed by atoms with E-state index >= 15 is 0 Å². The van der Waals surface area contributed by atoms with Crippen molar-refractivity contribution in [1.29, 1.82) is 0 Å². The molecule has 15 nitrogen and oxygen atoms in total. The molecule has 5 amide bonds. The number of benzene rings is 2. The van der Waals surface area contributed by atoms with Crippen molar-refractivity contribution in [2.24, 2.45) is 11.8 Å². The lowest BCUT2D eigenvalue weighted by molar-refractivity contribution is -0.132. The van der Waals surface area contributed by atoms with Crippen molar-refractivity contribution < 1.29 is 42.8 Å². The van der Waals surface area contributed by atoms with Gasteiger partial charge in [-0.05, 0) is 50.5 Å². The molecule has 318 valence electrons. The van der Waals surface area contributed by atoms with Crippen molar-refractivity contribution in [3.63, 3.8) is 0 Å². The Balaban J connectivity index is 0.000000635. The van der Waals surface area contributed by atoms with Crippen LogP contribution in [0.25, 0.3) is 0 Å². The van der Waals surface area contributed by atoms with Gasteiger partial charge in [-0.15, -0.1) is 0 Å². The predicted molar refractivity (Wildman–Crippen MR) is 219 cm³/mol. The highest BCUT2D eigenvalue weighted by Gasteiger charge is 2.50. The summed E-state index contributed by atoms with van der Waals surface area (Å²) in [7, 11) is 3.07. The molecule has 4 rings (SSSR count). The summed E-state index contributed by atoms with van der Waals surface area (Å²) in [6.07, 6.45) is 1.11. The van der Waals surface area contributed by atoms with E-state index in [0.29, 0.717) is 13.0 Å². The van der Waals surface area contributed by atoms with Crippen LogP contribution < -0.4 is 21.3 Å². The van der Waals surface area contributed by atoms with Crippen molar-refractivity contribution in [3.8, 4) is 0 Å². The SMILES string of the molecule is CC(C)C[C@H](NC(=O)CNC(=O)Cc1cc(COC(=O)N(C)C)on1)C(=O)NCC(=O)N[C@@H](CC(C)C)C(=O)[C@@]1(C)CO1.CCc1ccccc1.Cc1ccccc1. The Bertz CT molecular complexity index is 1740. The minimum Gasteiger partial charge on any atom is -0.441 e. The standard InChI is InChI=1S/C28H44N6O9.C8H10.C7H8/c1-16(2)8-20(25(38)28(5)15-42-28)31-24(37)13-30-26(39)21(9-17(3)4)32-23(36)12-29-22(35)11-18-10-19(43-33-18)14-41-27(40)34(6)7;1-2-8-6-4-3-5-7-8;1-7-5-3-2-4-6-7/h10,16-17,20-21H,8-9,11-15H2,1-7H3,(H,29,35)(H,30,39)(H,31,37)(H,32,36);3-7H,2H2,1H3;2-6H,1H3/t20-,21-,28+;;/m0../s1. The molecule has 0 aliphatic carbocycles. The third-order valence-electron chi connectivity index (χ3n) is 8.53. The van der Waals surface area contributed by atoms with Gasteiger partial charge in [0, 0.05) is 20.2 Å². The highest BCUT2D eigenvalue weighted by atomic mass is 16.6. The Morgan fingerprint density at radius 3 is 1.83 bits per heavy atom. The molecule has 0 unspecified atom stereocenters. The van der Waals surface area contributed by atoms with Gasteiger partial charge in [0.1, 0.15) is 11.6 Å². The molecule has 0 spiro atoms. The van der Waals surface area contributed by atoms with Crippen LogP contribution in [0, 0.1) is 18.8 Å². The zero-order valence-electron chi connectivity index (χ0n) is 35.4. The number of rotatable bonds is 18. The molecular formula is C43H62N6O9. The van der Waals surface area contributed by atoms with Crippen molar-refractivity contribution in [2.45, 2.75) is 98.4 Å². The molecule has 0 bridgehead atoms. The lowest BCUT2D eigenvalue weighted by Gasteiger charge is -2.22. The van der Waals surface area contributed by atoms with Crippen molar-refractivity contribution in [1.82, 2.24) is 31.3 Å². The second kappa shape index (κ2) is 24.9. The predicted octanol–water partition coefficient (Wildman–Crippen LogP) is 4.31. The molecular weight excluding hydrogens is 745 g/mol. The number of nitrogens with zero attached hydrogens (tertiary/aromatic N) is 2. The van der Waals surface area contributed by atoms with Crippen LogP contribution in [0.15, 0.2) is 71.3 Å². The van der Waals surface area contributed by atoms with Gasteiger partial charge >= 0.3 is 6.09 Å². The number of aromatic nitrogens is 1. The van der Waals surface area contributed by atoms with E-state index in [9.17, 15) is 28.8 Å². The fraction of sp³-hybridized carbons (Fsp3) is 0.512. The normalized spacial score (nSPS) is 14.9. The van der Waals surface area contributed by atoms with E-state index in [-0.39, 0.29) is 55.1 Å². The third-order valence-corrected chi connectivity index (χ3v) is 8.53. The first kappa shape index (κ1) is 48.6. The Hall–Kier alpha value is -5.57. The Morgan fingerprint density at radius 1 is 0.810 bits per heavy atom. The van der Waals surface area contributed by atoms with Crippen molar-refractivity contribution >= 4 is 35.5 Å². The van der Waals surface area contributed by atoms with E-state index in [2.05, 4.69) is 76.7 Å². The van der Waals surface area contributed by atoms with Gasteiger partial charge in [-0.2, -0.15) is 0 Å². The number of carbonyl (C=O) groups is 6. The first-order chi connectivity index (χ1) is 27.4. The van der Waals surface area contributed by atoms with E-state index in [4.69, 9.17) is 14.0 Å². The summed E-state index contributed by atoms with van der Waals surface area (Å²) >= 11 is 0. The number of carbonyl (C=O) groups excluding carboxylic acids is 6. The largest absolute Gasteiger partial charge is 0.441 e. The van der Waals surface area contributed by atoms with Crippen LogP contribution in [0.5, 0.6) is 0 Å². The summed E-state index contributed by atoms with van der Waals surface area (Å²) in [5.74, 6) is -2.01. The minimum absolute atomic E-state index is 0.0326. The molecule has 1 saturated heterocycles. The van der Waals surface area contributed by atoms with Crippen LogP contribution in [-0.4, -0.2) is 97.0 Å². The maximum absolute atomic E-state index is 12.9. The maximum atomic E-state index is 12.9. The zero-order chi connectivity index (χ0) is 43.3. The van der Waals surface area contributed by atoms with Crippen LogP contribution in [0.2, 0.25) is 0 Å². The van der Waals surface area contributed by atoms with Crippen LogP contribution in [0.1, 0.15) is 77.0 Å². The lowest BCUT2D eigenvalue weighted by Crippen LogP contribution is -2.53. The molecule has 4 N–H and O–H groups in total. The van der Waals surface area contributed by atoms with E-state index in [1.807, 2.05) is 52.0 Å². The van der Waals surface area contributed by atoms with E-state index in [0.717, 1.165) is 6.42 Å². The van der Waals surface area contributed by atoms with Crippen LogP contribution in [-0.2, 0) is 52.9 Å². The molecule has 0 saturated carbocycles. The molecule has 1 aliphatic rings. The van der Waals surface area contributed by atoms with Crippen LogP contribution in [0.3, 0.4) is 0 Å². The van der Waals surface area contributed by atoms with E-state index in [1.54, 1.807) is 6.92 Å². The van der Waals surface area contributed by atoms with Gasteiger partial charge < -0.3 is 40.2 Å². The highest BCUT2D eigenvalue weighted by Crippen LogP contribution is 2.29. The highest BCUT2D eigenvalue weighted by molar-refractivity contribution is 5.97. The van der Waals surface area contributed by atoms with Crippen LogP contribution in [0.4, 0.5) is 4.79 Å². The van der Waals surface area contributed by atoms with Gasteiger partial charge in [0.05, 0.1) is 37.9 Å². The number of ether oxygens (including phenoxy) is 2. The number of hydrogen-bond acceptors (Lipinski definition) is 10. The van der Waals surface area contributed by atoms with Gasteiger partial charge in [-0.3, -0.25) is 24.0 Å². The Kier molecular flexibility index (Phi) is 20.9. The monoisotopic (exact) mass is 806 g/mol. The minimum atomic E-state index is -0.952. The molecule has 0 radical (unpaired) electrons. The molecule has 3 atom stereocenters. The average Bonchev–Trinajstić information content (AvgIpc) is 3.78. The van der Waals surface area contributed by atoms with Gasteiger partial charge in [0.2, 0.25) is 23.6 Å². The van der Waals surface area contributed by atoms with Crippen molar-refractivity contribution in [2.75, 3.05) is 33.8 Å². The Labute approximate surface area is 342 Å². The molecule has 58 heavy (non-hydrogen) atoms. The number of amides is 5. The number of nitrogens with one attached hydrogen (secondary N) is 4. The number of epoxide rings is 1. The molecule has 1 aromatic heterocycles. The number of ketones is 1. The molecule has 1 fully saturated rings. The second-order valence-electron chi connectivity index (χ2n) is 15.3. The Morgan fingerprint density at radius 2 is 1.34 bits per heavy atom. The number of hydrogen-bond donors (Lipinski definition) is 4. The molecule has 1 aliphatic heterocycles. The molecule has 15 heteroatoms. The fourth-order valence-corrected chi connectivity index (χ4v) is 5.23. The van der Waals surface area contributed by atoms with Gasteiger partial charge in [0.15, 0.2) is 18.2 Å². The third kappa shape index (κ3) is 19.5. The number of aryl methyl sites for hydroxylation is 2. The summed E-state index contributed by atoms with van der Waals surface area (Å²) in [5, 5.41) is 14.0. The molecule has 2 heterocycles. The molecule has 2 aromatic carbocycles. The summed E-state index contributed by atoms with van der Waals surface area (Å²) in [4.78, 5) is 75.8. The zero-order valence-corrected chi connectivity index (χ0v) is 35.4. The fourth-order valence-electron chi connectivity index (χ4n) is 5.23. The van der Waals surface area contributed by atoms with E-state index < -0.39 is 54.0 Å². The summed E-state index contributed by atoms with van der Waals surface area (Å²) in [5.41, 5.74) is 2.12. The summed E-state index contributed by atoms with van der Waals surface area (Å²) < 4.78 is 15.3. The van der Waals surface area contributed by atoms with E-state index in [1.165, 1.54) is 36.2 Å². The van der Waals surface area contributed by atoms with Gasteiger partial charge in [0.25, 0.3) is 0 Å². The summed E-state index contributed by atoms with van der Waals surface area (Å²) in [6.45, 7) is 12.9. The number of Topliss-reactive ketones (excluding diaryl/α,β-unsaturated/α-hetero) is 1. The lowest BCUT2D eigenvalue weighted by atomic mass is 9.93. The maximum Gasteiger partial charge on any atom is 0.409 e.